The van der Waals surface area contributed by atoms with E-state index in [0.29, 0.717) is 6.04 Å². The molecule has 0 fully saturated rings. The van der Waals surface area contributed by atoms with E-state index >= 15 is 0 Å². The summed E-state index contributed by atoms with van der Waals surface area (Å²) < 4.78 is 0. The van der Waals surface area contributed by atoms with Gasteiger partial charge in [-0.1, -0.05) is 46.5 Å². The maximum atomic E-state index is 5.86. The van der Waals surface area contributed by atoms with Gasteiger partial charge in [-0.15, -0.1) is 0 Å². The fourth-order valence-corrected chi connectivity index (χ4v) is 2.04. The van der Waals surface area contributed by atoms with Crippen molar-refractivity contribution in [2.75, 3.05) is 19.6 Å². The molecule has 0 rings (SSSR count). The third kappa shape index (κ3) is 6.91. The number of rotatable bonds is 10. The van der Waals surface area contributed by atoms with Crippen LogP contribution in [0.4, 0.5) is 0 Å². The molecule has 0 aliphatic heterocycles. The molecular weight excluding hydrogens is 184 g/mol. The number of nitrogens with two attached hydrogens (primary N) is 1. The van der Waals surface area contributed by atoms with Gasteiger partial charge in [0.1, 0.15) is 0 Å². The fourth-order valence-electron chi connectivity index (χ4n) is 2.04. The summed E-state index contributed by atoms with van der Waals surface area (Å²) in [6.07, 6.45) is 7.85. The van der Waals surface area contributed by atoms with Gasteiger partial charge in [0.25, 0.3) is 0 Å². The second kappa shape index (κ2) is 10.4. The summed E-state index contributed by atoms with van der Waals surface area (Å²) in [6.45, 7) is 9.95. The van der Waals surface area contributed by atoms with Crippen molar-refractivity contribution in [1.29, 1.82) is 0 Å². The third-order valence-electron chi connectivity index (χ3n) is 3.13. The molecule has 1 unspecified atom stereocenters. The van der Waals surface area contributed by atoms with Gasteiger partial charge in [0.15, 0.2) is 0 Å². The second-order valence-corrected chi connectivity index (χ2v) is 4.37. The quantitative estimate of drug-likeness (QED) is 0.566. The largest absolute Gasteiger partial charge is 0.329 e. The van der Waals surface area contributed by atoms with Crippen LogP contribution in [-0.4, -0.2) is 30.6 Å². The first-order valence-electron chi connectivity index (χ1n) is 6.74. The molecule has 0 radical (unpaired) electrons. The highest BCUT2D eigenvalue weighted by Gasteiger charge is 2.13. The molecule has 2 nitrogen and oxygen atoms in total. The summed E-state index contributed by atoms with van der Waals surface area (Å²) in [4.78, 5) is 2.55. The summed E-state index contributed by atoms with van der Waals surface area (Å²) in [5.41, 5.74) is 5.86. The number of likely N-dealkylation sites (N-methyl/N-ethyl adjacent to an activating group) is 1. The van der Waals surface area contributed by atoms with Crippen LogP contribution in [0.1, 0.15) is 59.3 Å². The van der Waals surface area contributed by atoms with E-state index in [-0.39, 0.29) is 0 Å². The van der Waals surface area contributed by atoms with E-state index in [4.69, 9.17) is 5.73 Å². The lowest BCUT2D eigenvalue weighted by Crippen LogP contribution is -2.41. The molecule has 0 saturated carbocycles. The molecule has 2 heteroatoms. The molecule has 0 aliphatic carbocycles. The Hall–Kier alpha value is -0.0800. The van der Waals surface area contributed by atoms with Crippen LogP contribution in [-0.2, 0) is 0 Å². The van der Waals surface area contributed by atoms with Crippen molar-refractivity contribution in [3.8, 4) is 0 Å². The maximum absolute atomic E-state index is 5.86. The summed E-state index contributed by atoms with van der Waals surface area (Å²) in [6, 6.07) is 0.619. The van der Waals surface area contributed by atoms with Crippen LogP contribution in [0, 0.1) is 0 Å². The smallest absolute Gasteiger partial charge is 0.0218 e. The van der Waals surface area contributed by atoms with E-state index in [1.54, 1.807) is 0 Å². The predicted molar refractivity (Wildman–Crippen MR) is 69.1 cm³/mol. The average molecular weight is 214 g/mol. The zero-order valence-electron chi connectivity index (χ0n) is 11.0. The minimum absolute atomic E-state index is 0.619. The van der Waals surface area contributed by atoms with E-state index in [2.05, 4.69) is 25.7 Å². The van der Waals surface area contributed by atoms with Crippen molar-refractivity contribution < 1.29 is 0 Å². The van der Waals surface area contributed by atoms with Crippen LogP contribution in [0.3, 0.4) is 0 Å². The van der Waals surface area contributed by atoms with Crippen molar-refractivity contribution in [1.82, 2.24) is 4.90 Å². The van der Waals surface area contributed by atoms with Crippen molar-refractivity contribution in [3.05, 3.63) is 0 Å². The lowest BCUT2D eigenvalue weighted by molar-refractivity contribution is 0.194. The Morgan fingerprint density at radius 1 is 1.00 bits per heavy atom. The Bertz CT molecular complexity index is 126. The van der Waals surface area contributed by atoms with Gasteiger partial charge in [0.2, 0.25) is 0 Å². The van der Waals surface area contributed by atoms with Gasteiger partial charge < -0.3 is 5.73 Å². The van der Waals surface area contributed by atoms with Crippen LogP contribution in [0.25, 0.3) is 0 Å². The van der Waals surface area contributed by atoms with E-state index in [1.165, 1.54) is 45.1 Å². The molecule has 1 atom stereocenters. The Kier molecular flexibility index (Phi) is 10.4. The Morgan fingerprint density at radius 2 is 1.67 bits per heavy atom. The normalized spacial score (nSPS) is 13.4. The van der Waals surface area contributed by atoms with Gasteiger partial charge >= 0.3 is 0 Å². The first-order valence-corrected chi connectivity index (χ1v) is 6.74. The summed E-state index contributed by atoms with van der Waals surface area (Å²) in [5, 5.41) is 0. The van der Waals surface area contributed by atoms with Gasteiger partial charge in [-0.25, -0.2) is 0 Å². The molecule has 0 bridgehead atoms. The van der Waals surface area contributed by atoms with Gasteiger partial charge in [0, 0.05) is 12.6 Å². The highest BCUT2D eigenvalue weighted by Crippen LogP contribution is 2.10. The van der Waals surface area contributed by atoms with Crippen LogP contribution >= 0.6 is 0 Å². The summed E-state index contributed by atoms with van der Waals surface area (Å²) in [7, 11) is 0. The van der Waals surface area contributed by atoms with Crippen LogP contribution < -0.4 is 5.73 Å². The summed E-state index contributed by atoms with van der Waals surface area (Å²) in [5.74, 6) is 0. The van der Waals surface area contributed by atoms with Crippen LogP contribution in [0.5, 0.6) is 0 Å². The molecule has 0 aromatic carbocycles. The SMILES string of the molecule is CCCCCC(CN)N(CC)CCCC. The number of unbranched alkanes of at least 4 members (excludes halogenated alkanes) is 3. The monoisotopic (exact) mass is 214 g/mol. The van der Waals surface area contributed by atoms with E-state index in [1.807, 2.05) is 0 Å². The van der Waals surface area contributed by atoms with Gasteiger partial charge in [-0.05, 0) is 25.9 Å². The van der Waals surface area contributed by atoms with E-state index in [0.717, 1.165) is 13.1 Å². The number of nitrogens with zero attached hydrogens (tertiary/aromatic N) is 1. The number of hydrogen-bond donors (Lipinski definition) is 1. The van der Waals surface area contributed by atoms with E-state index < -0.39 is 0 Å². The first-order chi connectivity index (χ1) is 7.29. The Balaban J connectivity index is 3.85. The molecule has 0 spiro atoms. The highest BCUT2D eigenvalue weighted by atomic mass is 15.2. The fraction of sp³-hybridized carbons (Fsp3) is 1.00. The van der Waals surface area contributed by atoms with Crippen molar-refractivity contribution in [3.63, 3.8) is 0 Å². The third-order valence-corrected chi connectivity index (χ3v) is 3.13. The molecule has 0 aliphatic rings. The van der Waals surface area contributed by atoms with Gasteiger partial charge in [-0.3, -0.25) is 4.90 Å². The van der Waals surface area contributed by atoms with Crippen LogP contribution in [0.2, 0.25) is 0 Å². The van der Waals surface area contributed by atoms with Gasteiger partial charge in [0.05, 0.1) is 0 Å². The van der Waals surface area contributed by atoms with Crippen molar-refractivity contribution in [2.24, 2.45) is 5.73 Å². The molecule has 0 amide bonds. The molecular formula is C13H30N2. The summed E-state index contributed by atoms with van der Waals surface area (Å²) >= 11 is 0. The Labute approximate surface area is 96.2 Å². The molecule has 0 saturated heterocycles. The lowest BCUT2D eigenvalue weighted by atomic mass is 10.1. The topological polar surface area (TPSA) is 29.3 Å². The molecule has 0 aromatic rings. The highest BCUT2D eigenvalue weighted by molar-refractivity contribution is 4.71. The second-order valence-electron chi connectivity index (χ2n) is 4.37. The molecule has 0 heterocycles. The molecule has 0 aromatic heterocycles. The van der Waals surface area contributed by atoms with Gasteiger partial charge in [-0.2, -0.15) is 0 Å². The minimum Gasteiger partial charge on any atom is -0.329 e. The lowest BCUT2D eigenvalue weighted by Gasteiger charge is -2.29. The Morgan fingerprint density at radius 3 is 2.13 bits per heavy atom. The molecule has 92 valence electrons. The van der Waals surface area contributed by atoms with Crippen molar-refractivity contribution >= 4 is 0 Å². The predicted octanol–water partition coefficient (Wildman–Crippen LogP) is 3.02. The van der Waals surface area contributed by atoms with E-state index in [9.17, 15) is 0 Å². The number of hydrogen-bond acceptors (Lipinski definition) is 2. The van der Waals surface area contributed by atoms with Crippen LogP contribution in [0.15, 0.2) is 0 Å². The minimum atomic E-state index is 0.619. The molecule has 15 heavy (non-hydrogen) atoms. The maximum Gasteiger partial charge on any atom is 0.0218 e. The molecule has 2 N–H and O–H groups in total. The van der Waals surface area contributed by atoms with Crippen molar-refractivity contribution in [2.45, 2.75) is 65.3 Å². The average Bonchev–Trinajstić information content (AvgIpc) is 2.27. The standard InChI is InChI=1S/C13H30N2/c1-4-7-9-10-13(12-14)15(6-3)11-8-5-2/h13H,4-12,14H2,1-3H3. The first kappa shape index (κ1) is 14.9. The zero-order chi connectivity index (χ0) is 11.5. The zero-order valence-corrected chi connectivity index (χ0v) is 11.0.